The van der Waals surface area contributed by atoms with Crippen LogP contribution in [-0.2, 0) is 0 Å². The van der Waals surface area contributed by atoms with Crippen molar-refractivity contribution in [2.75, 3.05) is 0 Å². The minimum absolute atomic E-state index is 1.26. The Morgan fingerprint density at radius 1 is 0.318 bits per heavy atom. The molecule has 2 aromatic rings. The van der Waals surface area contributed by atoms with Gasteiger partial charge in [0, 0.05) is 0 Å². The third kappa shape index (κ3) is 2.19. The van der Waals surface area contributed by atoms with Crippen molar-refractivity contribution in [2.24, 2.45) is 0 Å². The van der Waals surface area contributed by atoms with Crippen LogP contribution in [0.15, 0.2) is 97.1 Å². The van der Waals surface area contributed by atoms with Crippen molar-refractivity contribution in [2.45, 2.75) is 0 Å². The molecule has 0 saturated carbocycles. The lowest BCUT2D eigenvalue weighted by atomic mass is 10.0. The molecule has 0 spiro atoms. The summed E-state index contributed by atoms with van der Waals surface area (Å²) >= 11 is 0. The minimum Gasteiger partial charge on any atom is -0.0622 e. The summed E-state index contributed by atoms with van der Waals surface area (Å²) in [6.45, 7) is 0. The quantitative estimate of drug-likeness (QED) is 0.414. The number of fused-ring (bicyclic) bond motifs is 1. The van der Waals surface area contributed by atoms with Gasteiger partial charge < -0.3 is 0 Å². The Labute approximate surface area is 131 Å². The third-order valence-electron chi connectivity index (χ3n) is 4.08. The van der Waals surface area contributed by atoms with Crippen LogP contribution in [0.5, 0.6) is 0 Å². The normalized spacial score (nSPS) is 10.7. The lowest BCUT2D eigenvalue weighted by Crippen LogP contribution is -1.76. The second-order valence-corrected chi connectivity index (χ2v) is 5.44. The minimum atomic E-state index is 1.26. The molecule has 0 saturated heterocycles. The van der Waals surface area contributed by atoms with Gasteiger partial charge in [0.2, 0.25) is 0 Å². The van der Waals surface area contributed by atoms with E-state index < -0.39 is 0 Å². The zero-order valence-electron chi connectivity index (χ0n) is 12.2. The maximum atomic E-state index is 2.31. The van der Waals surface area contributed by atoms with Crippen molar-refractivity contribution in [3.63, 3.8) is 0 Å². The number of rotatable bonds is 2. The fourth-order valence-corrected chi connectivity index (χ4v) is 3.03. The molecule has 0 heterocycles. The molecule has 0 atom stereocenters. The van der Waals surface area contributed by atoms with Crippen LogP contribution in [0, 0.1) is 0 Å². The molecule has 104 valence electrons. The smallest absolute Gasteiger partial charge is 0.00988 e. The first-order valence-electron chi connectivity index (χ1n) is 7.56. The summed E-state index contributed by atoms with van der Waals surface area (Å²) in [4.78, 5) is 0. The molecule has 0 nitrogen and oxygen atoms in total. The van der Waals surface area contributed by atoms with E-state index in [1.54, 1.807) is 0 Å². The van der Waals surface area contributed by atoms with Crippen molar-refractivity contribution < 1.29 is 0 Å². The van der Waals surface area contributed by atoms with Crippen molar-refractivity contribution in [3.05, 3.63) is 97.1 Å². The highest BCUT2D eigenvalue weighted by molar-refractivity contribution is 5.97. The Balaban J connectivity index is 2.00. The summed E-state index contributed by atoms with van der Waals surface area (Å²) in [5.41, 5.74) is 7.73. The molecule has 0 unspecified atom stereocenters. The second kappa shape index (κ2) is 5.50. The predicted octanol–water partition coefficient (Wildman–Crippen LogP) is 6.13. The van der Waals surface area contributed by atoms with Gasteiger partial charge >= 0.3 is 0 Å². The number of hydrogen-bond acceptors (Lipinski definition) is 0. The van der Waals surface area contributed by atoms with E-state index in [0.29, 0.717) is 0 Å². The zero-order valence-corrected chi connectivity index (χ0v) is 12.2. The molecule has 0 amide bonds. The molecule has 2 aromatic carbocycles. The molecular formula is C22H16. The summed E-state index contributed by atoms with van der Waals surface area (Å²) in [7, 11) is 0. The highest BCUT2D eigenvalue weighted by Gasteiger charge is 2.16. The van der Waals surface area contributed by atoms with Gasteiger partial charge in [0.25, 0.3) is 0 Å². The van der Waals surface area contributed by atoms with E-state index in [-0.39, 0.29) is 0 Å². The van der Waals surface area contributed by atoms with Crippen LogP contribution in [0.3, 0.4) is 0 Å². The Bertz CT molecular complexity index is 789. The molecule has 0 fully saturated rings. The van der Waals surface area contributed by atoms with E-state index in [2.05, 4.69) is 97.1 Å². The van der Waals surface area contributed by atoms with Gasteiger partial charge in [-0.05, 0) is 39.4 Å². The number of hydrogen-bond donors (Lipinski definition) is 0. The SMILES string of the molecule is c1ccc(-c2cc(-c3ccccc3)c3cccccc2-3)cc1. The van der Waals surface area contributed by atoms with Gasteiger partial charge in [0.05, 0.1) is 0 Å². The lowest BCUT2D eigenvalue weighted by molar-refractivity contribution is 1.66. The van der Waals surface area contributed by atoms with Crippen LogP contribution >= 0.6 is 0 Å². The summed E-state index contributed by atoms with van der Waals surface area (Å²) in [5, 5.41) is 0. The average molecular weight is 280 g/mol. The van der Waals surface area contributed by atoms with E-state index in [4.69, 9.17) is 0 Å². The van der Waals surface area contributed by atoms with Crippen LogP contribution in [0.25, 0.3) is 33.4 Å². The van der Waals surface area contributed by atoms with Gasteiger partial charge in [-0.2, -0.15) is 0 Å². The van der Waals surface area contributed by atoms with E-state index in [0.717, 1.165) is 0 Å². The van der Waals surface area contributed by atoms with Gasteiger partial charge in [0.1, 0.15) is 0 Å². The lowest BCUT2D eigenvalue weighted by Gasteiger charge is -2.02. The molecule has 2 aliphatic rings. The van der Waals surface area contributed by atoms with Crippen LogP contribution < -0.4 is 0 Å². The maximum absolute atomic E-state index is 2.31. The zero-order chi connectivity index (χ0) is 14.8. The third-order valence-corrected chi connectivity index (χ3v) is 4.08. The molecule has 0 radical (unpaired) electrons. The van der Waals surface area contributed by atoms with Crippen LogP contribution in [0.4, 0.5) is 0 Å². The summed E-state index contributed by atoms with van der Waals surface area (Å²) < 4.78 is 0. The van der Waals surface area contributed by atoms with Crippen molar-refractivity contribution >= 4 is 0 Å². The molecule has 0 aliphatic heterocycles. The number of benzene rings is 2. The van der Waals surface area contributed by atoms with Gasteiger partial charge in [-0.15, -0.1) is 0 Å². The highest BCUT2D eigenvalue weighted by Crippen LogP contribution is 2.43. The fourth-order valence-electron chi connectivity index (χ4n) is 3.03. The highest BCUT2D eigenvalue weighted by atomic mass is 14.2. The Kier molecular flexibility index (Phi) is 3.21. The van der Waals surface area contributed by atoms with Gasteiger partial charge in [-0.1, -0.05) is 91.0 Å². The molecule has 22 heavy (non-hydrogen) atoms. The molecular weight excluding hydrogens is 264 g/mol. The average Bonchev–Trinajstić information content (AvgIpc) is 2.78. The van der Waals surface area contributed by atoms with Gasteiger partial charge in [-0.25, -0.2) is 0 Å². The first-order valence-corrected chi connectivity index (χ1v) is 7.56. The standard InChI is InChI=1S/C22H16/c1-4-10-17(11-5-1)21-16-22(18-12-6-2-7-13-18)20-15-9-3-8-14-19(20)21/h1-16H. The first-order chi connectivity index (χ1) is 10.9. The summed E-state index contributed by atoms with van der Waals surface area (Å²) in [5.74, 6) is 0. The molecule has 0 N–H and O–H groups in total. The van der Waals surface area contributed by atoms with E-state index in [1.807, 2.05) is 0 Å². The monoisotopic (exact) mass is 280 g/mol. The first kappa shape index (κ1) is 12.8. The largest absolute Gasteiger partial charge is 0.0622 e. The van der Waals surface area contributed by atoms with E-state index in [1.165, 1.54) is 33.4 Å². The van der Waals surface area contributed by atoms with Crippen molar-refractivity contribution in [1.82, 2.24) is 0 Å². The second-order valence-electron chi connectivity index (χ2n) is 5.44. The van der Waals surface area contributed by atoms with Gasteiger partial charge in [0.15, 0.2) is 0 Å². The summed E-state index contributed by atoms with van der Waals surface area (Å²) in [6.07, 6.45) is 0. The van der Waals surface area contributed by atoms with Crippen LogP contribution in [0.2, 0.25) is 0 Å². The van der Waals surface area contributed by atoms with Crippen LogP contribution in [-0.4, -0.2) is 0 Å². The Morgan fingerprint density at radius 2 is 0.682 bits per heavy atom. The van der Waals surface area contributed by atoms with Gasteiger partial charge in [-0.3, -0.25) is 0 Å². The Hall–Kier alpha value is -2.86. The van der Waals surface area contributed by atoms with Crippen molar-refractivity contribution in [3.8, 4) is 33.4 Å². The van der Waals surface area contributed by atoms with Crippen molar-refractivity contribution in [1.29, 1.82) is 0 Å². The molecule has 2 aliphatic carbocycles. The van der Waals surface area contributed by atoms with E-state index >= 15 is 0 Å². The predicted molar refractivity (Wildman–Crippen MR) is 93.9 cm³/mol. The molecule has 0 heteroatoms. The van der Waals surface area contributed by atoms with E-state index in [9.17, 15) is 0 Å². The molecule has 4 rings (SSSR count). The molecule has 0 bridgehead atoms. The maximum Gasteiger partial charge on any atom is -0.00988 e. The fraction of sp³-hybridized carbons (Fsp3) is 0. The molecule has 0 aromatic heterocycles. The van der Waals surface area contributed by atoms with Crippen LogP contribution in [0.1, 0.15) is 0 Å². The summed E-state index contributed by atoms with van der Waals surface area (Å²) in [6, 6.07) is 34.3. The topological polar surface area (TPSA) is 0 Å². The Morgan fingerprint density at radius 3 is 1.09 bits per heavy atom.